The zero-order valence-electron chi connectivity index (χ0n) is 22.8. The van der Waals surface area contributed by atoms with Crippen LogP contribution in [-0.4, -0.2) is 69.2 Å². The molecule has 0 aliphatic carbocycles. The number of rotatable bonds is 9. The van der Waals surface area contributed by atoms with E-state index in [0.717, 1.165) is 49.0 Å². The number of nitrogens with zero attached hydrogens (tertiary/aromatic N) is 7. The van der Waals surface area contributed by atoms with E-state index < -0.39 is 6.88 Å². The van der Waals surface area contributed by atoms with Gasteiger partial charge in [0.2, 0.25) is 5.95 Å². The van der Waals surface area contributed by atoms with Gasteiger partial charge in [0.25, 0.3) is 0 Å². The van der Waals surface area contributed by atoms with Crippen molar-refractivity contribution >= 4 is 23.2 Å². The maximum atomic E-state index is 7.80. The molecular formula is C25H39N9. The van der Waals surface area contributed by atoms with Gasteiger partial charge in [0, 0.05) is 41.0 Å². The predicted molar refractivity (Wildman–Crippen MR) is 138 cm³/mol. The first kappa shape index (κ1) is 21.6. The normalized spacial score (nSPS) is 16.8. The topological polar surface area (TPSA) is 100 Å². The highest BCUT2D eigenvalue weighted by Crippen LogP contribution is 2.26. The molecule has 1 aliphatic heterocycles. The van der Waals surface area contributed by atoms with E-state index in [1.165, 1.54) is 18.4 Å². The lowest BCUT2D eigenvalue weighted by Gasteiger charge is -2.34. The van der Waals surface area contributed by atoms with Crippen molar-refractivity contribution in [2.45, 2.75) is 58.9 Å². The summed E-state index contributed by atoms with van der Waals surface area (Å²) in [7, 11) is 4.29. The van der Waals surface area contributed by atoms with E-state index in [4.69, 9.17) is 13.5 Å². The van der Waals surface area contributed by atoms with Crippen LogP contribution in [0.15, 0.2) is 18.5 Å². The Hall–Kier alpha value is -2.94. The fourth-order valence-electron chi connectivity index (χ4n) is 4.79. The Morgan fingerprint density at radius 2 is 2.06 bits per heavy atom. The van der Waals surface area contributed by atoms with E-state index in [-0.39, 0.29) is 11.9 Å². The van der Waals surface area contributed by atoms with E-state index in [1.807, 2.05) is 13.1 Å². The lowest BCUT2D eigenvalue weighted by molar-refractivity contribution is 0.284. The highest BCUT2D eigenvalue weighted by molar-refractivity contribution is 5.61. The summed E-state index contributed by atoms with van der Waals surface area (Å²) in [6.45, 7) is 6.36. The Morgan fingerprint density at radius 3 is 2.74 bits per heavy atom. The molecule has 1 fully saturated rings. The second-order valence-electron chi connectivity index (χ2n) is 9.70. The van der Waals surface area contributed by atoms with Gasteiger partial charge in [-0.1, -0.05) is 19.4 Å². The van der Waals surface area contributed by atoms with Crippen molar-refractivity contribution < 1.29 is 2.74 Å². The predicted octanol–water partition coefficient (Wildman–Crippen LogP) is 3.38. The molecule has 0 spiro atoms. The average Bonchev–Trinajstić information content (AvgIpc) is 3.22. The molecular weight excluding hydrogens is 426 g/mol. The summed E-state index contributed by atoms with van der Waals surface area (Å²) in [4.78, 5) is 18.3. The molecule has 3 aromatic heterocycles. The van der Waals surface area contributed by atoms with E-state index >= 15 is 0 Å². The van der Waals surface area contributed by atoms with Crippen LogP contribution < -0.4 is 16.0 Å². The van der Waals surface area contributed by atoms with Gasteiger partial charge in [-0.25, -0.2) is 14.5 Å². The van der Waals surface area contributed by atoms with Gasteiger partial charge in [0.15, 0.2) is 11.5 Å². The maximum absolute atomic E-state index is 7.80. The summed E-state index contributed by atoms with van der Waals surface area (Å²) in [6, 6.07) is 1.82. The largest absolute Gasteiger partial charge is 0.380 e. The molecule has 0 amide bonds. The molecule has 0 bridgehead atoms. The van der Waals surface area contributed by atoms with E-state index in [1.54, 1.807) is 10.7 Å². The Balaban J connectivity index is 1.49. The van der Waals surface area contributed by atoms with Gasteiger partial charge in [-0.2, -0.15) is 4.98 Å². The number of nitrogens with two attached hydrogens (primary N) is 1. The van der Waals surface area contributed by atoms with Crippen LogP contribution in [0.2, 0.25) is 0 Å². The summed E-state index contributed by atoms with van der Waals surface area (Å²) in [5.41, 5.74) is 9.78. The summed E-state index contributed by atoms with van der Waals surface area (Å²) < 4.78 is 17.3. The third-order valence-corrected chi connectivity index (χ3v) is 6.40. The number of nitrogen functional groups attached to an aromatic ring is 1. The molecule has 3 aromatic rings. The number of piperidine rings is 1. The molecule has 1 atom stereocenters. The van der Waals surface area contributed by atoms with Gasteiger partial charge in [0.1, 0.15) is 5.82 Å². The quantitative estimate of drug-likeness (QED) is 0.494. The fraction of sp³-hybridized carbons (Fsp3) is 0.600. The van der Waals surface area contributed by atoms with Crippen LogP contribution in [0.4, 0.5) is 17.6 Å². The van der Waals surface area contributed by atoms with Crippen LogP contribution in [-0.2, 0) is 6.42 Å². The number of anilines is 3. The van der Waals surface area contributed by atoms with Crippen LogP contribution in [0.25, 0.3) is 5.65 Å². The molecule has 0 radical (unpaired) electrons. The molecule has 0 aromatic carbocycles. The number of fused-ring (bicyclic) bond motifs is 1. The van der Waals surface area contributed by atoms with Gasteiger partial charge in [0.05, 0.1) is 11.9 Å². The van der Waals surface area contributed by atoms with Gasteiger partial charge in [-0.15, -0.1) is 5.10 Å². The number of aryl methyl sites for hydroxylation is 1. The highest BCUT2D eigenvalue weighted by atomic mass is 15.3. The second-order valence-corrected chi connectivity index (χ2v) is 9.70. The Kier molecular flexibility index (Phi) is 6.70. The standard InChI is InChI=1S/C25H39N9/c1-6-7-18(3)29-25-30-22(26)24-28-15-21(34(24)31-25)13-20-12-17(2)23(27-14-20)33-10-8-19(9-11-33)16-32(4)5/h12,14-15,18-19H,6-11,13,16H2,1-5H3,(H3,26,29,30,31)/t18-/m0/s1/i3D2. The molecule has 4 heterocycles. The van der Waals surface area contributed by atoms with Crippen LogP contribution in [0.5, 0.6) is 0 Å². The molecule has 0 saturated carbocycles. The molecule has 0 unspecified atom stereocenters. The van der Waals surface area contributed by atoms with E-state index in [9.17, 15) is 0 Å². The third-order valence-electron chi connectivity index (χ3n) is 6.40. The first-order valence-corrected chi connectivity index (χ1v) is 12.2. The van der Waals surface area contributed by atoms with Crippen molar-refractivity contribution in [1.29, 1.82) is 0 Å². The minimum absolute atomic E-state index is 0.267. The van der Waals surface area contributed by atoms with Crippen LogP contribution >= 0.6 is 0 Å². The number of nitrogens with one attached hydrogen (secondary N) is 1. The van der Waals surface area contributed by atoms with Crippen molar-refractivity contribution in [2.75, 3.05) is 49.7 Å². The first-order valence-electron chi connectivity index (χ1n) is 13.4. The van der Waals surface area contributed by atoms with Crippen molar-refractivity contribution in [3.05, 3.63) is 35.3 Å². The molecule has 3 N–H and O–H groups in total. The van der Waals surface area contributed by atoms with Crippen molar-refractivity contribution in [1.82, 2.24) is 29.5 Å². The lowest BCUT2D eigenvalue weighted by Crippen LogP contribution is -2.37. The van der Waals surface area contributed by atoms with Crippen LogP contribution in [0.1, 0.15) is 59.0 Å². The Labute approximate surface area is 205 Å². The van der Waals surface area contributed by atoms with E-state index in [2.05, 4.69) is 57.3 Å². The smallest absolute Gasteiger partial charge is 0.243 e. The summed E-state index contributed by atoms with van der Waals surface area (Å²) in [5, 5.41) is 7.70. The number of hydrogen-bond donors (Lipinski definition) is 2. The molecule has 9 nitrogen and oxygen atoms in total. The van der Waals surface area contributed by atoms with Crippen LogP contribution in [0, 0.1) is 12.8 Å². The monoisotopic (exact) mass is 467 g/mol. The molecule has 1 saturated heterocycles. The van der Waals surface area contributed by atoms with Gasteiger partial charge < -0.3 is 20.9 Å². The van der Waals surface area contributed by atoms with Crippen molar-refractivity contribution in [3.8, 4) is 0 Å². The lowest BCUT2D eigenvalue weighted by atomic mass is 9.96. The molecule has 1 aliphatic rings. The van der Waals surface area contributed by atoms with Gasteiger partial charge in [-0.3, -0.25) is 0 Å². The van der Waals surface area contributed by atoms with E-state index in [0.29, 0.717) is 24.4 Å². The second kappa shape index (κ2) is 10.5. The fourth-order valence-corrected chi connectivity index (χ4v) is 4.79. The zero-order chi connectivity index (χ0) is 25.8. The SMILES string of the molecule is [2H]C([2H])[C@@H](CCC)Nc1nc(N)c2ncc(Cc3cnc(N4CCC(CN(C)C)CC4)c(C)c3)n2n1. The van der Waals surface area contributed by atoms with Crippen molar-refractivity contribution in [3.63, 3.8) is 0 Å². The first-order chi connectivity index (χ1) is 17.2. The van der Waals surface area contributed by atoms with Gasteiger partial charge >= 0.3 is 0 Å². The summed E-state index contributed by atoms with van der Waals surface area (Å²) in [5.74, 6) is 2.40. The number of pyridine rings is 1. The molecule has 184 valence electrons. The number of imidazole rings is 1. The molecule has 34 heavy (non-hydrogen) atoms. The average molecular weight is 468 g/mol. The van der Waals surface area contributed by atoms with Crippen molar-refractivity contribution in [2.24, 2.45) is 5.92 Å². The van der Waals surface area contributed by atoms with Crippen LogP contribution in [0.3, 0.4) is 0 Å². The zero-order valence-corrected chi connectivity index (χ0v) is 20.8. The Morgan fingerprint density at radius 1 is 1.26 bits per heavy atom. The molecule has 9 heteroatoms. The summed E-state index contributed by atoms with van der Waals surface area (Å²) >= 11 is 0. The molecule has 4 rings (SSSR count). The van der Waals surface area contributed by atoms with Gasteiger partial charge in [-0.05, 0) is 64.2 Å². The third kappa shape index (κ3) is 5.58. The maximum Gasteiger partial charge on any atom is 0.243 e. The number of aromatic nitrogens is 5. The number of hydrogen-bond acceptors (Lipinski definition) is 8. The summed E-state index contributed by atoms with van der Waals surface area (Å²) in [6.07, 6.45) is 8.25. The minimum atomic E-state index is -1.03. The Bertz CT molecular complexity index is 1160. The minimum Gasteiger partial charge on any atom is -0.380 e. The highest BCUT2D eigenvalue weighted by Gasteiger charge is 2.22.